The predicted octanol–water partition coefficient (Wildman–Crippen LogP) is 4.15. The Hall–Kier alpha value is -0.930. The van der Waals surface area contributed by atoms with Gasteiger partial charge in [0.1, 0.15) is 5.82 Å². The first kappa shape index (κ1) is 15.0. The topological polar surface area (TPSA) is 12.5 Å². The van der Waals surface area contributed by atoms with Crippen LogP contribution in [-0.2, 0) is 10.3 Å². The van der Waals surface area contributed by atoms with Crippen molar-refractivity contribution in [2.75, 3.05) is 7.05 Å². The Morgan fingerprint density at radius 1 is 1.14 bits per heavy atom. The van der Waals surface area contributed by atoms with Gasteiger partial charge in [-0.15, -0.1) is 0 Å². The summed E-state index contributed by atoms with van der Waals surface area (Å²) in [6.45, 7) is 9.02. The molecule has 0 aromatic heterocycles. The lowest BCUT2D eigenvalue weighted by Gasteiger charge is -2.46. The molecule has 116 valence electrons. The second kappa shape index (κ2) is 4.79. The number of hydrogen-bond acceptors (Lipinski definition) is 2. The van der Waals surface area contributed by atoms with Crippen LogP contribution in [0.2, 0.25) is 0 Å². The number of hydroxylamine groups is 2. The minimum Gasteiger partial charge on any atom is -0.293 e. The average molecular weight is 291 g/mol. The van der Waals surface area contributed by atoms with E-state index in [0.717, 1.165) is 12.8 Å². The number of hydrogen-bond donors (Lipinski definition) is 0. The molecule has 2 nitrogen and oxygen atoms in total. The standard InChI is InChI=1S/C18H26FNO/c1-12-10-18(4,13-6-8-14(19)9-7-13)11-15-16(12)20(5)21-17(15,2)3/h6-9,12,15-16H,10-11H2,1-5H3. The quantitative estimate of drug-likeness (QED) is 0.770. The molecule has 1 heterocycles. The maximum absolute atomic E-state index is 13.2. The Labute approximate surface area is 127 Å². The van der Waals surface area contributed by atoms with Crippen molar-refractivity contribution >= 4 is 0 Å². The van der Waals surface area contributed by atoms with E-state index in [1.54, 1.807) is 12.1 Å². The molecule has 4 atom stereocenters. The molecule has 1 aromatic rings. The van der Waals surface area contributed by atoms with E-state index in [2.05, 4.69) is 39.8 Å². The lowest BCUT2D eigenvalue weighted by atomic mass is 9.59. The second-order valence-corrected chi connectivity index (χ2v) is 7.79. The number of benzene rings is 1. The Balaban J connectivity index is 1.94. The molecular weight excluding hydrogens is 265 g/mol. The Morgan fingerprint density at radius 3 is 2.38 bits per heavy atom. The maximum atomic E-state index is 13.2. The van der Waals surface area contributed by atoms with Crippen molar-refractivity contribution < 1.29 is 9.23 Å². The van der Waals surface area contributed by atoms with Crippen molar-refractivity contribution in [3.63, 3.8) is 0 Å². The summed E-state index contributed by atoms with van der Waals surface area (Å²) >= 11 is 0. The van der Waals surface area contributed by atoms with Gasteiger partial charge in [-0.2, -0.15) is 5.06 Å². The Bertz CT molecular complexity index is 527. The molecular formula is C18H26FNO. The van der Waals surface area contributed by atoms with Gasteiger partial charge in [0.15, 0.2) is 0 Å². The highest BCUT2D eigenvalue weighted by Gasteiger charge is 2.55. The number of fused-ring (bicyclic) bond motifs is 1. The van der Waals surface area contributed by atoms with Crippen molar-refractivity contribution in [2.24, 2.45) is 11.8 Å². The molecule has 4 unspecified atom stereocenters. The van der Waals surface area contributed by atoms with E-state index in [0.29, 0.717) is 17.9 Å². The Kier molecular flexibility index (Phi) is 3.42. The summed E-state index contributed by atoms with van der Waals surface area (Å²) in [4.78, 5) is 6.09. The van der Waals surface area contributed by atoms with E-state index in [9.17, 15) is 4.39 Å². The van der Waals surface area contributed by atoms with Crippen molar-refractivity contribution in [1.29, 1.82) is 0 Å². The predicted molar refractivity (Wildman–Crippen MR) is 82.4 cm³/mol. The van der Waals surface area contributed by atoms with E-state index in [1.165, 1.54) is 5.56 Å². The number of nitrogens with zero attached hydrogens (tertiary/aromatic N) is 1. The van der Waals surface area contributed by atoms with E-state index >= 15 is 0 Å². The van der Waals surface area contributed by atoms with Gasteiger partial charge in [0.25, 0.3) is 0 Å². The molecule has 1 aromatic carbocycles. The normalized spacial score (nSPS) is 39.2. The fourth-order valence-electron chi connectivity index (χ4n) is 4.77. The number of halogens is 1. The van der Waals surface area contributed by atoms with Crippen LogP contribution in [0.4, 0.5) is 4.39 Å². The van der Waals surface area contributed by atoms with Crippen molar-refractivity contribution in [3.05, 3.63) is 35.6 Å². The molecule has 3 heteroatoms. The lowest BCUT2D eigenvalue weighted by Crippen LogP contribution is -2.48. The lowest BCUT2D eigenvalue weighted by molar-refractivity contribution is -0.182. The number of rotatable bonds is 1. The van der Waals surface area contributed by atoms with Crippen LogP contribution in [0.5, 0.6) is 0 Å². The largest absolute Gasteiger partial charge is 0.293 e. The molecule has 2 fully saturated rings. The molecule has 2 aliphatic rings. The van der Waals surface area contributed by atoms with Crippen LogP contribution in [-0.4, -0.2) is 23.8 Å². The minimum atomic E-state index is -0.159. The monoisotopic (exact) mass is 291 g/mol. The van der Waals surface area contributed by atoms with Gasteiger partial charge >= 0.3 is 0 Å². The molecule has 1 aliphatic carbocycles. The molecule has 3 rings (SSSR count). The summed E-state index contributed by atoms with van der Waals surface area (Å²) in [6.07, 6.45) is 2.20. The maximum Gasteiger partial charge on any atom is 0.123 e. The van der Waals surface area contributed by atoms with Crippen LogP contribution in [0, 0.1) is 17.7 Å². The van der Waals surface area contributed by atoms with Gasteiger partial charge in [0.05, 0.1) is 5.60 Å². The molecule has 0 spiro atoms. The van der Waals surface area contributed by atoms with Crippen molar-refractivity contribution in [3.8, 4) is 0 Å². The summed E-state index contributed by atoms with van der Waals surface area (Å²) in [6, 6.07) is 7.55. The Morgan fingerprint density at radius 2 is 1.76 bits per heavy atom. The van der Waals surface area contributed by atoms with Crippen molar-refractivity contribution in [1.82, 2.24) is 5.06 Å². The van der Waals surface area contributed by atoms with Gasteiger partial charge in [0, 0.05) is 19.0 Å². The van der Waals surface area contributed by atoms with Gasteiger partial charge in [-0.1, -0.05) is 26.0 Å². The van der Waals surface area contributed by atoms with Crippen LogP contribution >= 0.6 is 0 Å². The van der Waals surface area contributed by atoms with Crippen molar-refractivity contribution in [2.45, 2.75) is 57.6 Å². The summed E-state index contributed by atoms with van der Waals surface area (Å²) in [5.41, 5.74) is 1.22. The zero-order valence-corrected chi connectivity index (χ0v) is 13.7. The first-order chi connectivity index (χ1) is 9.73. The van der Waals surface area contributed by atoms with E-state index in [4.69, 9.17) is 4.84 Å². The summed E-state index contributed by atoms with van der Waals surface area (Å²) in [5, 5.41) is 2.07. The third-order valence-electron chi connectivity index (χ3n) is 5.67. The molecule has 21 heavy (non-hydrogen) atoms. The molecule has 0 radical (unpaired) electrons. The first-order valence-electron chi connectivity index (χ1n) is 7.91. The molecule has 1 saturated carbocycles. The molecule has 0 N–H and O–H groups in total. The van der Waals surface area contributed by atoms with Gasteiger partial charge in [-0.25, -0.2) is 4.39 Å². The van der Waals surface area contributed by atoms with E-state index in [-0.39, 0.29) is 16.8 Å². The molecule has 1 saturated heterocycles. The molecule has 0 bridgehead atoms. The van der Waals surface area contributed by atoms with E-state index < -0.39 is 0 Å². The zero-order chi connectivity index (χ0) is 15.4. The zero-order valence-electron chi connectivity index (χ0n) is 13.7. The van der Waals surface area contributed by atoms with Gasteiger partial charge in [0.2, 0.25) is 0 Å². The van der Waals surface area contributed by atoms with Gasteiger partial charge in [-0.05, 0) is 55.7 Å². The average Bonchev–Trinajstić information content (AvgIpc) is 2.59. The van der Waals surface area contributed by atoms with Crippen LogP contribution in [0.3, 0.4) is 0 Å². The SMILES string of the molecule is CC1CC(C)(c2ccc(F)cc2)CC2C1N(C)OC2(C)C. The highest BCUT2D eigenvalue weighted by Crippen LogP contribution is 2.52. The fraction of sp³-hybridized carbons (Fsp3) is 0.667. The second-order valence-electron chi connectivity index (χ2n) is 7.79. The third kappa shape index (κ3) is 2.40. The molecule has 0 amide bonds. The highest BCUT2D eigenvalue weighted by atomic mass is 19.1. The van der Waals surface area contributed by atoms with Crippen LogP contribution in [0.15, 0.2) is 24.3 Å². The first-order valence-corrected chi connectivity index (χ1v) is 7.91. The fourth-order valence-corrected chi connectivity index (χ4v) is 4.77. The van der Waals surface area contributed by atoms with Crippen LogP contribution in [0.1, 0.15) is 46.1 Å². The van der Waals surface area contributed by atoms with Gasteiger partial charge < -0.3 is 0 Å². The summed E-state index contributed by atoms with van der Waals surface area (Å²) < 4.78 is 13.2. The minimum absolute atomic E-state index is 0.0973. The summed E-state index contributed by atoms with van der Waals surface area (Å²) in [5.74, 6) is 0.903. The smallest absolute Gasteiger partial charge is 0.123 e. The van der Waals surface area contributed by atoms with Crippen LogP contribution in [0.25, 0.3) is 0 Å². The molecule has 1 aliphatic heterocycles. The van der Waals surface area contributed by atoms with Gasteiger partial charge in [-0.3, -0.25) is 4.84 Å². The van der Waals surface area contributed by atoms with E-state index in [1.807, 2.05) is 12.1 Å². The third-order valence-corrected chi connectivity index (χ3v) is 5.67. The highest BCUT2D eigenvalue weighted by molar-refractivity contribution is 5.27. The summed E-state index contributed by atoms with van der Waals surface area (Å²) in [7, 11) is 2.06. The van der Waals surface area contributed by atoms with Crippen LogP contribution < -0.4 is 0 Å².